The number of allylic oxidation sites excluding steroid dienone is 3. The summed E-state index contributed by atoms with van der Waals surface area (Å²) in [5.74, 6) is 11.4. The maximum absolute atomic E-state index is 11.5. The van der Waals surface area contributed by atoms with Gasteiger partial charge >= 0.3 is 5.97 Å². The molecule has 0 aliphatic carbocycles. The van der Waals surface area contributed by atoms with Crippen LogP contribution in [0.1, 0.15) is 57.8 Å². The third kappa shape index (κ3) is 9.23. The molecular formula is C21H28O3. The lowest BCUT2D eigenvalue weighted by Crippen LogP contribution is -2.10. The lowest BCUT2D eigenvalue weighted by atomic mass is 9.97. The van der Waals surface area contributed by atoms with Gasteiger partial charge in [-0.2, -0.15) is 0 Å². The summed E-state index contributed by atoms with van der Waals surface area (Å²) in [5.41, 5.74) is 0. The van der Waals surface area contributed by atoms with Crippen molar-refractivity contribution in [1.29, 1.82) is 0 Å². The van der Waals surface area contributed by atoms with Crippen LogP contribution in [0.5, 0.6) is 0 Å². The van der Waals surface area contributed by atoms with Gasteiger partial charge in [0.05, 0.1) is 12.5 Å². The van der Waals surface area contributed by atoms with Gasteiger partial charge in [0.1, 0.15) is 6.10 Å². The fourth-order valence-electron chi connectivity index (χ4n) is 2.58. The molecule has 1 fully saturated rings. The molecule has 1 N–H and O–H groups in total. The Morgan fingerprint density at radius 1 is 1.21 bits per heavy atom. The monoisotopic (exact) mass is 328 g/mol. The number of esters is 1. The molecule has 1 aliphatic rings. The van der Waals surface area contributed by atoms with E-state index in [4.69, 9.17) is 9.84 Å². The van der Waals surface area contributed by atoms with Gasteiger partial charge in [-0.3, -0.25) is 4.79 Å². The zero-order chi connectivity index (χ0) is 17.5. The van der Waals surface area contributed by atoms with Crippen LogP contribution in [0, 0.1) is 29.6 Å². The maximum atomic E-state index is 11.5. The summed E-state index contributed by atoms with van der Waals surface area (Å²) in [7, 11) is 0. The van der Waals surface area contributed by atoms with Crippen LogP contribution in [0.4, 0.5) is 0 Å². The van der Waals surface area contributed by atoms with Crippen LogP contribution in [0.15, 0.2) is 24.8 Å². The summed E-state index contributed by atoms with van der Waals surface area (Å²) in [6.45, 7) is 3.58. The Morgan fingerprint density at radius 3 is 2.79 bits per heavy atom. The average molecular weight is 328 g/mol. The number of hydrogen-bond donors (Lipinski definition) is 1. The second kappa shape index (κ2) is 13.5. The van der Waals surface area contributed by atoms with Crippen molar-refractivity contribution in [2.75, 3.05) is 6.61 Å². The minimum absolute atomic E-state index is 0.00934. The molecule has 0 amide bonds. The summed E-state index contributed by atoms with van der Waals surface area (Å²) in [4.78, 5) is 11.5. The lowest BCUT2D eigenvalue weighted by Gasteiger charge is -2.04. The van der Waals surface area contributed by atoms with Crippen molar-refractivity contribution in [3.8, 4) is 23.7 Å². The van der Waals surface area contributed by atoms with E-state index < -0.39 is 0 Å². The highest BCUT2D eigenvalue weighted by atomic mass is 16.6. The van der Waals surface area contributed by atoms with Crippen molar-refractivity contribution in [3.05, 3.63) is 24.8 Å². The van der Waals surface area contributed by atoms with Crippen LogP contribution in [0.2, 0.25) is 0 Å². The number of aliphatic hydroxyl groups is 1. The summed E-state index contributed by atoms with van der Waals surface area (Å²) in [5, 5.41) is 8.99. The lowest BCUT2D eigenvalue weighted by molar-refractivity contribution is -0.145. The molecule has 1 heterocycles. The number of carbonyl (C=O) groups excluding carboxylic acids is 1. The largest absolute Gasteiger partial charge is 0.460 e. The highest BCUT2D eigenvalue weighted by molar-refractivity contribution is 5.74. The van der Waals surface area contributed by atoms with E-state index in [9.17, 15) is 4.79 Å². The minimum atomic E-state index is -0.277. The van der Waals surface area contributed by atoms with Crippen LogP contribution in [0.25, 0.3) is 0 Å². The van der Waals surface area contributed by atoms with E-state index >= 15 is 0 Å². The van der Waals surface area contributed by atoms with Crippen LogP contribution in [-0.2, 0) is 9.53 Å². The molecule has 3 nitrogen and oxygen atoms in total. The maximum Gasteiger partial charge on any atom is 0.309 e. The zero-order valence-corrected chi connectivity index (χ0v) is 14.4. The molecule has 0 aromatic heterocycles. The molecule has 0 radical (unpaired) electrons. The summed E-state index contributed by atoms with van der Waals surface area (Å²) in [6, 6.07) is 0. The second-order valence-electron chi connectivity index (χ2n) is 5.97. The molecule has 1 saturated heterocycles. The molecule has 0 aromatic carbocycles. The van der Waals surface area contributed by atoms with Crippen molar-refractivity contribution < 1.29 is 14.6 Å². The second-order valence-corrected chi connectivity index (χ2v) is 5.97. The van der Waals surface area contributed by atoms with E-state index in [1.807, 2.05) is 12.2 Å². The van der Waals surface area contributed by atoms with Crippen molar-refractivity contribution in [1.82, 2.24) is 0 Å². The standard InChI is InChI=1S/C21H28O3/c1-2-3-4-5-6-7-8-9-10-11-12-13-14-15-16-19-17-20(18-22)24-21(19)23/h2,9-10,19-20,22H,1,3-4,11-18H2/t19-,20+/m1/s1. The Bertz CT molecular complexity index is 525. The number of aliphatic hydroxyl groups excluding tert-OH is 1. The smallest absolute Gasteiger partial charge is 0.309 e. The van der Waals surface area contributed by atoms with Gasteiger partial charge in [0, 0.05) is 6.42 Å². The quantitative estimate of drug-likeness (QED) is 0.287. The Kier molecular flexibility index (Phi) is 11.3. The van der Waals surface area contributed by atoms with Gasteiger partial charge in [-0.05, 0) is 50.0 Å². The SMILES string of the molecule is C=CCCC#CC#CC=CCCCCCC[C@@H]1C[C@@H](CO)OC1=O. The zero-order valence-electron chi connectivity index (χ0n) is 14.4. The van der Waals surface area contributed by atoms with Crippen molar-refractivity contribution >= 4 is 5.97 Å². The summed E-state index contributed by atoms with van der Waals surface area (Å²) < 4.78 is 5.07. The minimum Gasteiger partial charge on any atom is -0.460 e. The predicted molar refractivity (Wildman–Crippen MR) is 96.9 cm³/mol. The van der Waals surface area contributed by atoms with E-state index in [1.165, 1.54) is 0 Å². The fourth-order valence-corrected chi connectivity index (χ4v) is 2.58. The highest BCUT2D eigenvalue weighted by Gasteiger charge is 2.33. The van der Waals surface area contributed by atoms with Gasteiger partial charge in [-0.1, -0.05) is 43.3 Å². The molecule has 0 unspecified atom stereocenters. The van der Waals surface area contributed by atoms with Gasteiger partial charge < -0.3 is 9.84 Å². The Balaban J connectivity index is 1.98. The first kappa shape index (κ1) is 20.1. The molecule has 2 atom stereocenters. The van der Waals surface area contributed by atoms with Gasteiger partial charge in [-0.25, -0.2) is 0 Å². The molecule has 0 spiro atoms. The van der Waals surface area contributed by atoms with Crippen molar-refractivity contribution in [2.45, 2.75) is 63.9 Å². The molecular weight excluding hydrogens is 300 g/mol. The first-order chi connectivity index (χ1) is 11.8. The molecule has 1 rings (SSSR count). The Morgan fingerprint density at radius 2 is 2.04 bits per heavy atom. The normalized spacial score (nSPS) is 19.3. The molecule has 0 bridgehead atoms. The van der Waals surface area contributed by atoms with Crippen molar-refractivity contribution in [3.63, 3.8) is 0 Å². The van der Waals surface area contributed by atoms with Crippen molar-refractivity contribution in [2.24, 2.45) is 5.92 Å². The van der Waals surface area contributed by atoms with Crippen LogP contribution < -0.4 is 0 Å². The summed E-state index contributed by atoms with van der Waals surface area (Å²) >= 11 is 0. The predicted octanol–water partition coefficient (Wildman–Crippen LogP) is 3.78. The highest BCUT2D eigenvalue weighted by Crippen LogP contribution is 2.26. The Hall–Kier alpha value is -1.97. The van der Waals surface area contributed by atoms with Gasteiger partial charge in [-0.15, -0.1) is 6.58 Å². The van der Waals surface area contributed by atoms with Gasteiger partial charge in [0.2, 0.25) is 0 Å². The molecule has 0 aromatic rings. The number of ether oxygens (including phenoxy) is 1. The number of hydrogen-bond acceptors (Lipinski definition) is 3. The molecule has 24 heavy (non-hydrogen) atoms. The topological polar surface area (TPSA) is 46.5 Å². The molecule has 1 aliphatic heterocycles. The van der Waals surface area contributed by atoms with Crippen LogP contribution >= 0.6 is 0 Å². The van der Waals surface area contributed by atoms with Gasteiger partial charge in [0.15, 0.2) is 0 Å². The third-order valence-corrected chi connectivity index (χ3v) is 3.94. The number of cyclic esters (lactones) is 1. The number of unbranched alkanes of at least 4 members (excludes halogenated alkanes) is 5. The molecule has 130 valence electrons. The van der Waals surface area contributed by atoms with E-state index in [1.54, 1.807) is 0 Å². The van der Waals surface area contributed by atoms with E-state index in [2.05, 4.69) is 36.3 Å². The van der Waals surface area contributed by atoms with Crippen LogP contribution in [-0.4, -0.2) is 23.8 Å². The van der Waals surface area contributed by atoms with E-state index in [0.717, 1.165) is 51.4 Å². The fraction of sp³-hybridized carbons (Fsp3) is 0.571. The van der Waals surface area contributed by atoms with E-state index in [-0.39, 0.29) is 24.6 Å². The first-order valence-electron chi connectivity index (χ1n) is 8.83. The first-order valence-corrected chi connectivity index (χ1v) is 8.83. The number of rotatable bonds is 10. The Labute approximate surface area is 146 Å². The molecule has 3 heteroatoms. The van der Waals surface area contributed by atoms with E-state index in [0.29, 0.717) is 6.42 Å². The number of carbonyl (C=O) groups is 1. The third-order valence-electron chi connectivity index (χ3n) is 3.94. The average Bonchev–Trinajstić information content (AvgIpc) is 2.95. The summed E-state index contributed by atoms with van der Waals surface area (Å²) in [6.07, 6.45) is 14.3. The van der Waals surface area contributed by atoms with Gasteiger partial charge in [0.25, 0.3) is 0 Å². The van der Waals surface area contributed by atoms with Crippen LogP contribution in [0.3, 0.4) is 0 Å². The molecule has 0 saturated carbocycles.